The minimum atomic E-state index is -1.02. The Labute approximate surface area is 97.6 Å². The van der Waals surface area contributed by atoms with Crippen LogP contribution in [0.3, 0.4) is 0 Å². The molecule has 1 aromatic carbocycles. The van der Waals surface area contributed by atoms with Crippen LogP contribution < -0.4 is 5.73 Å². The van der Waals surface area contributed by atoms with E-state index in [1.165, 1.54) is 0 Å². The number of carboxylic acid groups (broad SMARTS) is 1. The van der Waals surface area contributed by atoms with Crippen LogP contribution in [0.15, 0.2) is 22.7 Å². The van der Waals surface area contributed by atoms with E-state index in [0.717, 1.165) is 8.04 Å². The van der Waals surface area contributed by atoms with Crippen LogP contribution in [-0.4, -0.2) is 11.1 Å². The van der Waals surface area contributed by atoms with Crippen molar-refractivity contribution in [2.24, 2.45) is 5.73 Å². The minimum Gasteiger partial charge on any atom is -0.480 e. The van der Waals surface area contributed by atoms with E-state index in [9.17, 15) is 4.79 Å². The Morgan fingerprint density at radius 2 is 2.23 bits per heavy atom. The first kappa shape index (κ1) is 10.9. The predicted octanol–water partition coefficient (Wildman–Crippen LogP) is 2.14. The first-order valence-electron chi connectivity index (χ1n) is 3.45. The van der Waals surface area contributed by atoms with Crippen LogP contribution in [0.1, 0.15) is 11.6 Å². The van der Waals surface area contributed by atoms with Crippen molar-refractivity contribution < 1.29 is 9.90 Å². The van der Waals surface area contributed by atoms with Crippen LogP contribution in [0.25, 0.3) is 0 Å². The minimum absolute atomic E-state index is 0.597. The van der Waals surface area contributed by atoms with E-state index in [0.29, 0.717) is 5.56 Å². The topological polar surface area (TPSA) is 63.3 Å². The predicted molar refractivity (Wildman–Crippen MR) is 61.4 cm³/mol. The number of hydrogen-bond donors (Lipinski definition) is 2. The summed E-state index contributed by atoms with van der Waals surface area (Å²) in [5, 5.41) is 8.65. The first-order valence-corrected chi connectivity index (χ1v) is 5.33. The third kappa shape index (κ3) is 2.65. The zero-order valence-corrected chi connectivity index (χ0v) is 10.2. The molecule has 3 N–H and O–H groups in total. The largest absolute Gasteiger partial charge is 0.480 e. The number of carbonyl (C=O) groups is 1. The fourth-order valence-corrected chi connectivity index (χ4v) is 1.58. The molecule has 0 unspecified atom stereocenters. The van der Waals surface area contributed by atoms with Gasteiger partial charge in [-0.2, -0.15) is 0 Å². The lowest BCUT2D eigenvalue weighted by molar-refractivity contribution is -0.138. The molecule has 1 rings (SSSR count). The summed E-state index contributed by atoms with van der Waals surface area (Å²) in [6.45, 7) is 0. The van der Waals surface area contributed by atoms with Gasteiger partial charge in [-0.15, -0.1) is 0 Å². The molecule has 0 aliphatic carbocycles. The highest BCUT2D eigenvalue weighted by Crippen LogP contribution is 2.22. The van der Waals surface area contributed by atoms with Gasteiger partial charge in [-0.3, -0.25) is 4.79 Å². The maximum absolute atomic E-state index is 10.6. The van der Waals surface area contributed by atoms with Gasteiger partial charge in [0.2, 0.25) is 0 Å². The molecule has 0 aliphatic heterocycles. The molecule has 0 saturated carbocycles. The second-order valence-electron chi connectivity index (χ2n) is 2.49. The van der Waals surface area contributed by atoms with E-state index < -0.39 is 12.0 Å². The molecule has 5 heteroatoms. The SMILES string of the molecule is N[C@@H](C(=O)O)c1ccc(I)c(Br)c1. The Hall–Kier alpha value is -0.140. The molecular weight excluding hydrogens is 349 g/mol. The molecule has 1 aromatic rings. The van der Waals surface area contributed by atoms with Crippen LogP contribution in [0.2, 0.25) is 0 Å². The van der Waals surface area contributed by atoms with E-state index in [1.807, 2.05) is 6.07 Å². The second kappa shape index (κ2) is 4.39. The zero-order valence-electron chi connectivity index (χ0n) is 6.50. The van der Waals surface area contributed by atoms with Crippen molar-refractivity contribution in [1.82, 2.24) is 0 Å². The van der Waals surface area contributed by atoms with Gasteiger partial charge in [-0.1, -0.05) is 6.07 Å². The van der Waals surface area contributed by atoms with Gasteiger partial charge >= 0.3 is 5.97 Å². The van der Waals surface area contributed by atoms with Gasteiger partial charge in [0.25, 0.3) is 0 Å². The van der Waals surface area contributed by atoms with Gasteiger partial charge in [-0.25, -0.2) is 0 Å². The van der Waals surface area contributed by atoms with E-state index in [2.05, 4.69) is 38.5 Å². The van der Waals surface area contributed by atoms with Gasteiger partial charge in [-0.05, 0) is 56.2 Å². The summed E-state index contributed by atoms with van der Waals surface area (Å²) in [6.07, 6.45) is 0. The van der Waals surface area contributed by atoms with Crippen LogP contribution in [0.5, 0.6) is 0 Å². The summed E-state index contributed by atoms with van der Waals surface area (Å²) in [6, 6.07) is 4.31. The molecule has 1 atom stereocenters. The number of carboxylic acids is 1. The third-order valence-electron chi connectivity index (χ3n) is 1.57. The molecule has 0 amide bonds. The Morgan fingerprint density at radius 3 is 2.69 bits per heavy atom. The molecule has 0 heterocycles. The molecule has 13 heavy (non-hydrogen) atoms. The fourth-order valence-electron chi connectivity index (χ4n) is 0.848. The molecule has 0 spiro atoms. The van der Waals surface area contributed by atoms with Crippen molar-refractivity contribution in [3.63, 3.8) is 0 Å². The zero-order chi connectivity index (χ0) is 10.0. The molecule has 0 bridgehead atoms. The molecule has 0 fully saturated rings. The number of hydrogen-bond acceptors (Lipinski definition) is 2. The molecule has 70 valence electrons. The average molecular weight is 356 g/mol. The summed E-state index contributed by atoms with van der Waals surface area (Å²) >= 11 is 5.45. The Morgan fingerprint density at radius 1 is 1.62 bits per heavy atom. The van der Waals surface area contributed by atoms with Crippen molar-refractivity contribution in [3.05, 3.63) is 31.8 Å². The summed E-state index contributed by atoms with van der Waals surface area (Å²) in [5.74, 6) is -1.02. The molecular formula is C8H7BrINO2. The molecule has 3 nitrogen and oxygen atoms in total. The smallest absolute Gasteiger partial charge is 0.325 e. The molecule has 0 radical (unpaired) electrons. The highest BCUT2D eigenvalue weighted by atomic mass is 127. The first-order chi connectivity index (χ1) is 6.02. The third-order valence-corrected chi connectivity index (χ3v) is 3.91. The van der Waals surface area contributed by atoms with E-state index in [1.54, 1.807) is 12.1 Å². The number of aliphatic carboxylic acids is 1. The van der Waals surface area contributed by atoms with Crippen molar-refractivity contribution in [2.75, 3.05) is 0 Å². The highest BCUT2D eigenvalue weighted by molar-refractivity contribution is 14.1. The lowest BCUT2D eigenvalue weighted by Gasteiger charge is -2.07. The summed E-state index contributed by atoms with van der Waals surface area (Å²) in [7, 11) is 0. The van der Waals surface area contributed by atoms with Crippen LogP contribution in [0, 0.1) is 3.57 Å². The number of rotatable bonds is 2. The molecule has 0 aliphatic rings. The van der Waals surface area contributed by atoms with E-state index in [4.69, 9.17) is 10.8 Å². The number of halogens is 2. The molecule has 0 aromatic heterocycles. The van der Waals surface area contributed by atoms with Crippen molar-refractivity contribution in [2.45, 2.75) is 6.04 Å². The van der Waals surface area contributed by atoms with Gasteiger partial charge in [0.05, 0.1) is 0 Å². The summed E-state index contributed by atoms with van der Waals surface area (Å²) in [4.78, 5) is 10.6. The van der Waals surface area contributed by atoms with Crippen LogP contribution in [-0.2, 0) is 4.79 Å². The maximum atomic E-state index is 10.6. The summed E-state index contributed by atoms with van der Waals surface area (Å²) < 4.78 is 1.89. The average Bonchev–Trinajstić information content (AvgIpc) is 2.08. The standard InChI is InChI=1S/C8H7BrINO2/c9-5-3-4(1-2-6(5)10)7(11)8(12)13/h1-3,7H,11H2,(H,12,13)/t7-/m1/s1. The lowest BCUT2D eigenvalue weighted by Crippen LogP contribution is -2.20. The van der Waals surface area contributed by atoms with Gasteiger partial charge < -0.3 is 10.8 Å². The maximum Gasteiger partial charge on any atom is 0.325 e. The van der Waals surface area contributed by atoms with Crippen LogP contribution in [0.4, 0.5) is 0 Å². The van der Waals surface area contributed by atoms with Crippen molar-refractivity contribution in [3.8, 4) is 0 Å². The number of nitrogens with two attached hydrogens (primary N) is 1. The summed E-state index contributed by atoms with van der Waals surface area (Å²) in [5.41, 5.74) is 6.03. The van der Waals surface area contributed by atoms with Gasteiger partial charge in [0.15, 0.2) is 0 Å². The Bertz CT molecular complexity index is 343. The normalized spacial score (nSPS) is 12.5. The second-order valence-corrected chi connectivity index (χ2v) is 4.51. The van der Waals surface area contributed by atoms with Crippen LogP contribution >= 0.6 is 38.5 Å². The monoisotopic (exact) mass is 355 g/mol. The quantitative estimate of drug-likeness (QED) is 0.799. The van der Waals surface area contributed by atoms with E-state index in [-0.39, 0.29) is 0 Å². The van der Waals surface area contributed by atoms with Gasteiger partial charge in [0, 0.05) is 8.04 Å². The lowest BCUT2D eigenvalue weighted by atomic mass is 10.1. The number of benzene rings is 1. The molecule has 0 saturated heterocycles. The van der Waals surface area contributed by atoms with Gasteiger partial charge in [0.1, 0.15) is 6.04 Å². The highest BCUT2D eigenvalue weighted by Gasteiger charge is 2.14. The van der Waals surface area contributed by atoms with Crippen molar-refractivity contribution >= 4 is 44.5 Å². The van der Waals surface area contributed by atoms with E-state index >= 15 is 0 Å². The Kier molecular flexibility index (Phi) is 3.69. The van der Waals surface area contributed by atoms with Crippen molar-refractivity contribution in [1.29, 1.82) is 0 Å². The Balaban J connectivity index is 3.03. The fraction of sp³-hybridized carbons (Fsp3) is 0.125.